The highest BCUT2D eigenvalue weighted by atomic mass is 32.2. The zero-order chi connectivity index (χ0) is 13.8. The average molecular weight is 283 g/mol. The first-order chi connectivity index (χ1) is 9.88. The number of hydrogen-bond donors (Lipinski definition) is 1. The van der Waals surface area contributed by atoms with Crippen molar-refractivity contribution in [1.29, 1.82) is 0 Å². The van der Waals surface area contributed by atoms with Gasteiger partial charge in [0.2, 0.25) is 0 Å². The summed E-state index contributed by atoms with van der Waals surface area (Å²) in [4.78, 5) is 1.37. The minimum absolute atomic E-state index is 0.468. The molecule has 2 unspecified atom stereocenters. The van der Waals surface area contributed by atoms with Crippen LogP contribution in [0.1, 0.15) is 30.5 Å². The van der Waals surface area contributed by atoms with E-state index in [1.807, 2.05) is 11.8 Å². The summed E-state index contributed by atoms with van der Waals surface area (Å²) >= 11 is 2.01. The van der Waals surface area contributed by atoms with Gasteiger partial charge in [-0.25, -0.2) is 0 Å². The van der Waals surface area contributed by atoms with Crippen molar-refractivity contribution in [3.05, 3.63) is 65.7 Å². The minimum Gasteiger partial charge on any atom is -0.309 e. The Labute approximate surface area is 125 Å². The van der Waals surface area contributed by atoms with E-state index in [2.05, 4.69) is 66.8 Å². The third kappa shape index (κ3) is 2.92. The Bertz CT molecular complexity index is 552. The van der Waals surface area contributed by atoms with Crippen LogP contribution in [0.4, 0.5) is 0 Å². The van der Waals surface area contributed by atoms with Gasteiger partial charge in [0.05, 0.1) is 0 Å². The molecule has 1 aliphatic carbocycles. The van der Waals surface area contributed by atoms with Crippen LogP contribution in [-0.4, -0.2) is 11.8 Å². The second-order valence-corrected chi connectivity index (χ2v) is 6.55. The monoisotopic (exact) mass is 283 g/mol. The molecular formula is C18H21NS. The van der Waals surface area contributed by atoms with E-state index in [0.29, 0.717) is 11.3 Å². The molecule has 3 rings (SSSR count). The average Bonchev–Trinajstić information content (AvgIpc) is 2.51. The van der Waals surface area contributed by atoms with E-state index in [1.165, 1.54) is 28.9 Å². The summed E-state index contributed by atoms with van der Waals surface area (Å²) in [7, 11) is 0. The number of benzene rings is 2. The number of rotatable bonds is 4. The predicted molar refractivity (Wildman–Crippen MR) is 87.3 cm³/mol. The minimum atomic E-state index is 0.468. The maximum Gasteiger partial charge on any atom is 0.0446 e. The second kappa shape index (κ2) is 6.47. The van der Waals surface area contributed by atoms with Crippen molar-refractivity contribution < 1.29 is 0 Å². The normalized spacial score (nSPS) is 21.4. The van der Waals surface area contributed by atoms with Gasteiger partial charge in [0.25, 0.3) is 0 Å². The highest BCUT2D eigenvalue weighted by molar-refractivity contribution is 8.00. The largest absolute Gasteiger partial charge is 0.309 e. The van der Waals surface area contributed by atoms with E-state index in [0.717, 1.165) is 6.54 Å². The lowest BCUT2D eigenvalue weighted by Crippen LogP contribution is -2.34. The number of thioether (sulfide) groups is 1. The van der Waals surface area contributed by atoms with Crippen molar-refractivity contribution in [2.75, 3.05) is 6.54 Å². The maximum atomic E-state index is 3.69. The van der Waals surface area contributed by atoms with Crippen molar-refractivity contribution in [2.24, 2.45) is 0 Å². The zero-order valence-corrected chi connectivity index (χ0v) is 12.7. The quantitative estimate of drug-likeness (QED) is 0.890. The molecule has 0 aliphatic heterocycles. The van der Waals surface area contributed by atoms with Gasteiger partial charge in [0, 0.05) is 16.2 Å². The number of nitrogens with one attached hydrogen (secondary N) is 1. The van der Waals surface area contributed by atoms with Crippen molar-refractivity contribution in [1.82, 2.24) is 5.32 Å². The molecule has 0 radical (unpaired) electrons. The number of aryl methyl sites for hydroxylation is 1. The molecule has 0 aromatic heterocycles. The van der Waals surface area contributed by atoms with Gasteiger partial charge in [-0.3, -0.25) is 0 Å². The van der Waals surface area contributed by atoms with Gasteiger partial charge in [-0.1, -0.05) is 49.4 Å². The smallest absolute Gasteiger partial charge is 0.0446 e. The molecule has 104 valence electrons. The lowest BCUT2D eigenvalue weighted by molar-refractivity contribution is 0.484. The van der Waals surface area contributed by atoms with E-state index in [4.69, 9.17) is 0 Å². The first-order valence-electron chi connectivity index (χ1n) is 7.41. The Hall–Kier alpha value is -1.25. The zero-order valence-electron chi connectivity index (χ0n) is 11.9. The molecule has 0 amide bonds. The van der Waals surface area contributed by atoms with Crippen LogP contribution >= 0.6 is 11.8 Å². The van der Waals surface area contributed by atoms with Gasteiger partial charge in [-0.2, -0.15) is 0 Å². The summed E-state index contributed by atoms with van der Waals surface area (Å²) in [5, 5.41) is 4.31. The van der Waals surface area contributed by atoms with Gasteiger partial charge in [-0.05, 0) is 42.6 Å². The van der Waals surface area contributed by atoms with Gasteiger partial charge >= 0.3 is 0 Å². The fourth-order valence-corrected chi connectivity index (χ4v) is 4.27. The number of fused-ring (bicyclic) bond motifs is 1. The summed E-state index contributed by atoms with van der Waals surface area (Å²) in [5.41, 5.74) is 3.01. The van der Waals surface area contributed by atoms with Crippen molar-refractivity contribution >= 4 is 11.8 Å². The molecule has 2 aromatic rings. The van der Waals surface area contributed by atoms with E-state index >= 15 is 0 Å². The Kier molecular flexibility index (Phi) is 4.44. The maximum absolute atomic E-state index is 3.69. The van der Waals surface area contributed by atoms with Crippen LogP contribution in [0.5, 0.6) is 0 Å². The summed E-state index contributed by atoms with van der Waals surface area (Å²) in [6, 6.07) is 20.1. The summed E-state index contributed by atoms with van der Waals surface area (Å²) in [6.07, 6.45) is 2.44. The first-order valence-corrected chi connectivity index (χ1v) is 8.29. The Balaban J connectivity index is 1.84. The van der Waals surface area contributed by atoms with E-state index < -0.39 is 0 Å². The number of hydrogen-bond acceptors (Lipinski definition) is 2. The third-order valence-corrected chi connectivity index (χ3v) is 5.27. The van der Waals surface area contributed by atoms with Crippen LogP contribution in [0.3, 0.4) is 0 Å². The Morgan fingerprint density at radius 2 is 1.80 bits per heavy atom. The van der Waals surface area contributed by atoms with Crippen molar-refractivity contribution in [2.45, 2.75) is 36.0 Å². The molecule has 1 nitrogen and oxygen atoms in total. The van der Waals surface area contributed by atoms with Crippen LogP contribution in [0, 0.1) is 0 Å². The molecular weight excluding hydrogens is 262 g/mol. The van der Waals surface area contributed by atoms with Gasteiger partial charge in [0.1, 0.15) is 0 Å². The lowest BCUT2D eigenvalue weighted by atomic mass is 9.87. The van der Waals surface area contributed by atoms with E-state index in [-0.39, 0.29) is 0 Å². The molecule has 2 heteroatoms. The molecule has 0 fully saturated rings. The van der Waals surface area contributed by atoms with Crippen molar-refractivity contribution in [3.8, 4) is 0 Å². The standard InChI is InChI=1S/C18H21NS/c1-2-19-18-16-11-7-6-8-14(16)12-13-17(18)20-15-9-4-3-5-10-15/h3-11,17-19H,2,12-13H2,1H3. The van der Waals surface area contributed by atoms with Crippen molar-refractivity contribution in [3.63, 3.8) is 0 Å². The molecule has 2 aromatic carbocycles. The molecule has 20 heavy (non-hydrogen) atoms. The summed E-state index contributed by atoms with van der Waals surface area (Å²) < 4.78 is 0. The first kappa shape index (κ1) is 13.7. The van der Waals surface area contributed by atoms with E-state index in [1.54, 1.807) is 0 Å². The van der Waals surface area contributed by atoms with Crippen LogP contribution in [0.25, 0.3) is 0 Å². The predicted octanol–water partition coefficient (Wildman–Crippen LogP) is 4.44. The van der Waals surface area contributed by atoms with Gasteiger partial charge in [-0.15, -0.1) is 11.8 Å². The molecule has 1 N–H and O–H groups in total. The van der Waals surface area contributed by atoms with Gasteiger partial charge < -0.3 is 5.32 Å². The molecule has 0 saturated carbocycles. The molecule has 2 atom stereocenters. The van der Waals surface area contributed by atoms with Crippen LogP contribution in [0.2, 0.25) is 0 Å². The molecule has 0 bridgehead atoms. The summed E-state index contributed by atoms with van der Waals surface area (Å²) in [5.74, 6) is 0. The molecule has 0 spiro atoms. The van der Waals surface area contributed by atoms with Crippen LogP contribution < -0.4 is 5.32 Å². The second-order valence-electron chi connectivity index (χ2n) is 5.24. The highest BCUT2D eigenvalue weighted by Crippen LogP contribution is 2.39. The topological polar surface area (TPSA) is 12.0 Å². The molecule has 1 aliphatic rings. The van der Waals surface area contributed by atoms with E-state index in [9.17, 15) is 0 Å². The highest BCUT2D eigenvalue weighted by Gasteiger charge is 2.29. The molecule has 0 heterocycles. The third-order valence-electron chi connectivity index (χ3n) is 3.91. The fraction of sp³-hybridized carbons (Fsp3) is 0.333. The van der Waals surface area contributed by atoms with Crippen LogP contribution in [0.15, 0.2) is 59.5 Å². The Morgan fingerprint density at radius 1 is 1.05 bits per heavy atom. The molecule has 0 saturated heterocycles. The van der Waals surface area contributed by atoms with Crippen LogP contribution in [-0.2, 0) is 6.42 Å². The fourth-order valence-electron chi connectivity index (χ4n) is 2.99. The SMILES string of the molecule is CCNC1c2ccccc2CCC1Sc1ccccc1. The van der Waals surface area contributed by atoms with Gasteiger partial charge in [0.15, 0.2) is 0 Å². The summed E-state index contributed by atoms with van der Waals surface area (Å²) in [6.45, 7) is 3.21. The Morgan fingerprint density at radius 3 is 2.60 bits per heavy atom. The lowest BCUT2D eigenvalue weighted by Gasteiger charge is -2.34.